The van der Waals surface area contributed by atoms with Gasteiger partial charge in [-0.2, -0.15) is 0 Å². The molecule has 166 valence electrons. The molecule has 1 aromatic heterocycles. The van der Waals surface area contributed by atoms with Gasteiger partial charge in [0.05, 0.1) is 16.8 Å². The largest absolute Gasteiger partial charge is 0.312 e. The first-order chi connectivity index (χ1) is 15.4. The predicted molar refractivity (Wildman–Crippen MR) is 124 cm³/mol. The van der Waals surface area contributed by atoms with Gasteiger partial charge in [-0.3, -0.25) is 29.8 Å². The minimum absolute atomic E-state index is 0.0830. The molecular formula is C24H27N5O3. The quantitative estimate of drug-likeness (QED) is 0.583. The van der Waals surface area contributed by atoms with Crippen LogP contribution in [-0.4, -0.2) is 27.9 Å². The third-order valence-corrected chi connectivity index (χ3v) is 5.82. The van der Waals surface area contributed by atoms with Gasteiger partial charge < -0.3 is 4.90 Å². The molecular weight excluding hydrogens is 406 g/mol. The molecule has 0 radical (unpaired) electrons. The lowest BCUT2D eigenvalue weighted by atomic mass is 10.0. The summed E-state index contributed by atoms with van der Waals surface area (Å²) in [4.78, 5) is 44.2. The average molecular weight is 434 g/mol. The maximum atomic E-state index is 12.8. The molecule has 0 unspecified atom stereocenters. The number of hydrazine groups is 1. The van der Waals surface area contributed by atoms with E-state index < -0.39 is 5.92 Å². The van der Waals surface area contributed by atoms with E-state index in [4.69, 9.17) is 0 Å². The first-order valence-corrected chi connectivity index (χ1v) is 10.8. The van der Waals surface area contributed by atoms with Crippen molar-refractivity contribution in [3.8, 4) is 0 Å². The number of fused-ring (bicyclic) bond motifs is 1. The molecule has 32 heavy (non-hydrogen) atoms. The fourth-order valence-electron chi connectivity index (χ4n) is 3.96. The summed E-state index contributed by atoms with van der Waals surface area (Å²) in [5.74, 6) is -0.289. The highest BCUT2D eigenvalue weighted by atomic mass is 16.2. The molecule has 1 aliphatic rings. The van der Waals surface area contributed by atoms with Crippen LogP contribution in [0.15, 0.2) is 53.3 Å². The van der Waals surface area contributed by atoms with Crippen molar-refractivity contribution in [3.05, 3.63) is 64.4 Å². The van der Waals surface area contributed by atoms with Crippen molar-refractivity contribution in [3.63, 3.8) is 0 Å². The van der Waals surface area contributed by atoms with Gasteiger partial charge in [-0.1, -0.05) is 38.1 Å². The van der Waals surface area contributed by atoms with Gasteiger partial charge in [-0.25, -0.2) is 4.98 Å². The number of amides is 2. The normalized spacial score (nSPS) is 16.1. The SMILES string of the molecule is CCn1c(NNC(=O)[C@@H]2CC(=O)N(c3cccc(C(C)C)c3)C2)nc2ccccc2c1=O. The van der Waals surface area contributed by atoms with Gasteiger partial charge in [0.15, 0.2) is 0 Å². The lowest BCUT2D eigenvalue weighted by molar-refractivity contribution is -0.125. The Hall–Kier alpha value is -3.68. The van der Waals surface area contributed by atoms with Crippen LogP contribution in [0.3, 0.4) is 0 Å². The molecule has 2 heterocycles. The van der Waals surface area contributed by atoms with E-state index in [1.165, 1.54) is 4.57 Å². The summed E-state index contributed by atoms with van der Waals surface area (Å²) in [7, 11) is 0. The van der Waals surface area contributed by atoms with Crippen LogP contribution in [0.25, 0.3) is 10.9 Å². The predicted octanol–water partition coefficient (Wildman–Crippen LogP) is 3.04. The summed E-state index contributed by atoms with van der Waals surface area (Å²) < 4.78 is 1.46. The fourth-order valence-corrected chi connectivity index (χ4v) is 3.96. The molecule has 2 amide bonds. The van der Waals surface area contributed by atoms with Crippen molar-refractivity contribution >= 4 is 34.4 Å². The number of carbonyl (C=O) groups excluding carboxylic acids is 2. The number of benzene rings is 2. The van der Waals surface area contributed by atoms with Crippen LogP contribution in [-0.2, 0) is 16.1 Å². The van der Waals surface area contributed by atoms with E-state index in [0.29, 0.717) is 29.9 Å². The first-order valence-electron chi connectivity index (χ1n) is 10.8. The molecule has 1 aliphatic heterocycles. The lowest BCUT2D eigenvalue weighted by Crippen LogP contribution is -2.39. The van der Waals surface area contributed by atoms with Crippen molar-refractivity contribution in [1.29, 1.82) is 0 Å². The van der Waals surface area contributed by atoms with E-state index in [1.54, 1.807) is 29.2 Å². The lowest BCUT2D eigenvalue weighted by Gasteiger charge is -2.19. The number of para-hydroxylation sites is 1. The number of nitrogens with zero attached hydrogens (tertiary/aromatic N) is 3. The minimum atomic E-state index is -0.500. The number of nitrogens with one attached hydrogen (secondary N) is 2. The zero-order valence-electron chi connectivity index (χ0n) is 18.5. The van der Waals surface area contributed by atoms with Crippen LogP contribution in [0.5, 0.6) is 0 Å². The van der Waals surface area contributed by atoms with Crippen LogP contribution < -0.4 is 21.3 Å². The monoisotopic (exact) mass is 433 g/mol. The molecule has 0 aliphatic carbocycles. The molecule has 1 saturated heterocycles. The molecule has 1 fully saturated rings. The third kappa shape index (κ3) is 4.08. The highest BCUT2D eigenvalue weighted by Gasteiger charge is 2.35. The molecule has 8 heteroatoms. The second-order valence-electron chi connectivity index (χ2n) is 8.27. The molecule has 3 aromatic rings. The molecule has 0 spiro atoms. The van der Waals surface area contributed by atoms with E-state index >= 15 is 0 Å². The van der Waals surface area contributed by atoms with Crippen LogP contribution in [0.1, 0.15) is 38.7 Å². The zero-order valence-corrected chi connectivity index (χ0v) is 18.5. The maximum Gasteiger partial charge on any atom is 0.262 e. The molecule has 0 bridgehead atoms. The van der Waals surface area contributed by atoms with Crippen LogP contribution in [0.2, 0.25) is 0 Å². The van der Waals surface area contributed by atoms with Crippen LogP contribution >= 0.6 is 0 Å². The van der Waals surface area contributed by atoms with Crippen molar-refractivity contribution in [1.82, 2.24) is 15.0 Å². The Bertz CT molecular complexity index is 1230. The van der Waals surface area contributed by atoms with Gasteiger partial charge >= 0.3 is 0 Å². The number of hydrogen-bond acceptors (Lipinski definition) is 5. The molecule has 4 rings (SSSR count). The summed E-state index contributed by atoms with van der Waals surface area (Å²) in [5.41, 5.74) is 7.75. The van der Waals surface area contributed by atoms with Crippen molar-refractivity contribution in [2.24, 2.45) is 5.92 Å². The average Bonchev–Trinajstić information content (AvgIpc) is 3.19. The number of carbonyl (C=O) groups is 2. The van der Waals surface area contributed by atoms with Crippen molar-refractivity contribution in [2.45, 2.75) is 39.7 Å². The smallest absolute Gasteiger partial charge is 0.262 e. The zero-order chi connectivity index (χ0) is 22.8. The number of hydrogen-bond donors (Lipinski definition) is 2. The Morgan fingerprint density at radius 1 is 1.16 bits per heavy atom. The Morgan fingerprint density at radius 2 is 1.94 bits per heavy atom. The summed E-state index contributed by atoms with van der Waals surface area (Å²) in [6, 6.07) is 14.9. The van der Waals surface area contributed by atoms with E-state index in [-0.39, 0.29) is 29.7 Å². The fraction of sp³-hybridized carbons (Fsp3) is 0.333. The highest BCUT2D eigenvalue weighted by molar-refractivity contribution is 6.00. The summed E-state index contributed by atoms with van der Waals surface area (Å²) in [5, 5.41) is 0.520. The topological polar surface area (TPSA) is 96.3 Å². The Morgan fingerprint density at radius 3 is 2.69 bits per heavy atom. The number of rotatable bonds is 6. The summed E-state index contributed by atoms with van der Waals surface area (Å²) >= 11 is 0. The molecule has 0 saturated carbocycles. The highest BCUT2D eigenvalue weighted by Crippen LogP contribution is 2.28. The Labute approximate surface area is 186 Å². The van der Waals surface area contributed by atoms with Crippen LogP contribution in [0.4, 0.5) is 11.6 Å². The van der Waals surface area contributed by atoms with E-state index in [9.17, 15) is 14.4 Å². The maximum absolute atomic E-state index is 12.8. The summed E-state index contributed by atoms with van der Waals surface area (Å²) in [6.07, 6.45) is 0.130. The summed E-state index contributed by atoms with van der Waals surface area (Å²) in [6.45, 7) is 6.74. The van der Waals surface area contributed by atoms with E-state index in [2.05, 4.69) is 29.7 Å². The molecule has 8 nitrogen and oxygen atoms in total. The van der Waals surface area contributed by atoms with Gasteiger partial charge in [0.2, 0.25) is 17.8 Å². The number of aromatic nitrogens is 2. The van der Waals surface area contributed by atoms with E-state index in [0.717, 1.165) is 11.3 Å². The third-order valence-electron chi connectivity index (χ3n) is 5.82. The van der Waals surface area contributed by atoms with Crippen LogP contribution in [0, 0.1) is 5.92 Å². The number of anilines is 2. The molecule has 2 aromatic carbocycles. The van der Waals surface area contributed by atoms with Gasteiger partial charge in [-0.05, 0) is 42.7 Å². The molecule has 1 atom stereocenters. The van der Waals surface area contributed by atoms with Gasteiger partial charge in [0, 0.05) is 25.2 Å². The van der Waals surface area contributed by atoms with Gasteiger partial charge in [-0.15, -0.1) is 0 Å². The standard InChI is InChI=1S/C24H27N5O3/c1-4-28-23(32)19-10-5-6-11-20(19)25-24(28)27-26-22(31)17-13-21(30)29(14-17)18-9-7-8-16(12-18)15(2)3/h5-12,15,17H,4,13-14H2,1-3H3,(H,25,27)(H,26,31)/t17-/m1/s1. The van der Waals surface area contributed by atoms with Gasteiger partial charge in [0.1, 0.15) is 0 Å². The van der Waals surface area contributed by atoms with Crippen molar-refractivity contribution in [2.75, 3.05) is 16.9 Å². The van der Waals surface area contributed by atoms with E-state index in [1.807, 2.05) is 31.2 Å². The van der Waals surface area contributed by atoms with Crippen molar-refractivity contribution < 1.29 is 9.59 Å². The van der Waals surface area contributed by atoms with Gasteiger partial charge in [0.25, 0.3) is 5.56 Å². The minimum Gasteiger partial charge on any atom is -0.312 e. The second-order valence-corrected chi connectivity index (χ2v) is 8.27. The second kappa shape index (κ2) is 8.82. The Kier molecular flexibility index (Phi) is 5.94. The molecule has 2 N–H and O–H groups in total. The Balaban J connectivity index is 1.48. The first kappa shape index (κ1) is 21.5.